The van der Waals surface area contributed by atoms with Gasteiger partial charge < -0.3 is 14.0 Å². The van der Waals surface area contributed by atoms with E-state index in [2.05, 4.69) is 17.6 Å². The normalized spacial score (nSPS) is 16.7. The van der Waals surface area contributed by atoms with Gasteiger partial charge in [0, 0.05) is 28.6 Å². The van der Waals surface area contributed by atoms with Gasteiger partial charge in [-0.15, -0.1) is 0 Å². The van der Waals surface area contributed by atoms with E-state index in [1.807, 2.05) is 32.0 Å². The molecule has 1 aromatic heterocycles. The molecular weight excluding hydrogens is 266 g/mol. The van der Waals surface area contributed by atoms with E-state index in [0.717, 1.165) is 36.4 Å². The molecule has 1 aromatic carbocycles. The van der Waals surface area contributed by atoms with E-state index in [9.17, 15) is 4.79 Å². The standard InChI is InChI=1S/C17H21NO3/c1-4-21-16(19)15-12(2)18(9-17(3)10-20-11-17)14-8-6-5-7-13(14)15/h5-8H,4,9-11H2,1-3H3. The van der Waals surface area contributed by atoms with Crippen molar-refractivity contribution >= 4 is 16.9 Å². The maximum absolute atomic E-state index is 12.3. The molecule has 112 valence electrons. The summed E-state index contributed by atoms with van der Waals surface area (Å²) in [5, 5.41) is 0.970. The van der Waals surface area contributed by atoms with Crippen molar-refractivity contribution in [2.24, 2.45) is 5.41 Å². The summed E-state index contributed by atoms with van der Waals surface area (Å²) in [5.74, 6) is -0.236. The average Bonchev–Trinajstić information content (AvgIpc) is 2.70. The predicted octanol–water partition coefficient (Wildman–Crippen LogP) is 3.16. The molecule has 1 fully saturated rings. The summed E-state index contributed by atoms with van der Waals surface area (Å²) in [6.07, 6.45) is 0. The average molecular weight is 287 g/mol. The Morgan fingerprint density at radius 3 is 2.71 bits per heavy atom. The van der Waals surface area contributed by atoms with Crippen LogP contribution < -0.4 is 0 Å². The smallest absolute Gasteiger partial charge is 0.340 e. The molecule has 0 amide bonds. The van der Waals surface area contributed by atoms with E-state index in [1.54, 1.807) is 0 Å². The van der Waals surface area contributed by atoms with E-state index < -0.39 is 0 Å². The van der Waals surface area contributed by atoms with Gasteiger partial charge >= 0.3 is 5.97 Å². The van der Waals surface area contributed by atoms with E-state index in [1.165, 1.54) is 0 Å². The molecule has 0 aliphatic carbocycles. The fraction of sp³-hybridized carbons (Fsp3) is 0.471. The van der Waals surface area contributed by atoms with Crippen LogP contribution >= 0.6 is 0 Å². The molecule has 2 heterocycles. The van der Waals surface area contributed by atoms with Crippen molar-refractivity contribution in [2.45, 2.75) is 27.3 Å². The predicted molar refractivity (Wildman–Crippen MR) is 81.6 cm³/mol. The van der Waals surface area contributed by atoms with Crippen molar-refractivity contribution in [3.8, 4) is 0 Å². The third kappa shape index (κ3) is 2.33. The topological polar surface area (TPSA) is 40.5 Å². The summed E-state index contributed by atoms with van der Waals surface area (Å²) in [5.41, 5.74) is 2.91. The number of esters is 1. The second-order valence-electron chi connectivity index (χ2n) is 6.09. The second kappa shape index (κ2) is 5.19. The van der Waals surface area contributed by atoms with Crippen molar-refractivity contribution in [3.63, 3.8) is 0 Å². The first-order valence-electron chi connectivity index (χ1n) is 7.38. The zero-order chi connectivity index (χ0) is 15.0. The lowest BCUT2D eigenvalue weighted by Gasteiger charge is -2.38. The maximum atomic E-state index is 12.3. The highest BCUT2D eigenvalue weighted by Crippen LogP contribution is 2.33. The molecule has 2 aromatic rings. The first kappa shape index (κ1) is 14.1. The molecule has 3 rings (SSSR count). The fourth-order valence-electron chi connectivity index (χ4n) is 3.02. The minimum absolute atomic E-state index is 0.151. The second-order valence-corrected chi connectivity index (χ2v) is 6.09. The molecule has 4 heteroatoms. The Hall–Kier alpha value is -1.81. The monoisotopic (exact) mass is 287 g/mol. The van der Waals surface area contributed by atoms with Gasteiger partial charge in [-0.2, -0.15) is 0 Å². The summed E-state index contributed by atoms with van der Waals surface area (Å²) < 4.78 is 12.8. The highest BCUT2D eigenvalue weighted by atomic mass is 16.5. The molecule has 0 atom stereocenters. The number of hydrogen-bond acceptors (Lipinski definition) is 3. The van der Waals surface area contributed by atoms with Crippen LogP contribution in [0.25, 0.3) is 10.9 Å². The first-order chi connectivity index (χ1) is 10.1. The third-order valence-electron chi connectivity index (χ3n) is 4.15. The van der Waals surface area contributed by atoms with Gasteiger partial charge in [0.05, 0.1) is 25.4 Å². The minimum Gasteiger partial charge on any atom is -0.462 e. The van der Waals surface area contributed by atoms with Gasteiger partial charge in [0.1, 0.15) is 0 Å². The number of fused-ring (bicyclic) bond motifs is 1. The Morgan fingerprint density at radius 1 is 1.38 bits per heavy atom. The van der Waals surface area contributed by atoms with Crippen LogP contribution in [-0.2, 0) is 16.0 Å². The summed E-state index contributed by atoms with van der Waals surface area (Å²) in [6.45, 7) is 8.84. The Bertz CT molecular complexity index is 683. The van der Waals surface area contributed by atoms with Crippen LogP contribution in [0.3, 0.4) is 0 Å². The molecule has 0 saturated carbocycles. The van der Waals surface area contributed by atoms with E-state index in [-0.39, 0.29) is 11.4 Å². The molecule has 0 bridgehead atoms. The fourth-order valence-corrected chi connectivity index (χ4v) is 3.02. The number of nitrogens with zero attached hydrogens (tertiary/aromatic N) is 1. The SMILES string of the molecule is CCOC(=O)c1c(C)n(CC2(C)COC2)c2ccccc12. The summed E-state index contributed by atoms with van der Waals surface area (Å²) in [6, 6.07) is 8.02. The summed E-state index contributed by atoms with van der Waals surface area (Å²) in [4.78, 5) is 12.3. The van der Waals surface area contributed by atoms with Gasteiger partial charge in [0.15, 0.2) is 0 Å². The molecular formula is C17H21NO3. The molecule has 4 nitrogen and oxygen atoms in total. The molecule has 0 N–H and O–H groups in total. The number of benzene rings is 1. The van der Waals surface area contributed by atoms with Crippen LogP contribution in [0.4, 0.5) is 0 Å². The Morgan fingerprint density at radius 2 is 2.10 bits per heavy atom. The lowest BCUT2D eigenvalue weighted by atomic mass is 9.88. The van der Waals surface area contributed by atoms with Gasteiger partial charge in [-0.1, -0.05) is 25.1 Å². The van der Waals surface area contributed by atoms with E-state index in [4.69, 9.17) is 9.47 Å². The number of ether oxygens (including phenoxy) is 2. The molecule has 0 spiro atoms. The van der Waals surface area contributed by atoms with Gasteiger partial charge in [-0.25, -0.2) is 4.79 Å². The number of hydrogen-bond donors (Lipinski definition) is 0. The van der Waals surface area contributed by atoms with Gasteiger partial charge in [0.25, 0.3) is 0 Å². The van der Waals surface area contributed by atoms with E-state index in [0.29, 0.717) is 12.2 Å². The lowest BCUT2D eigenvalue weighted by Crippen LogP contribution is -2.43. The number of para-hydroxylation sites is 1. The first-order valence-corrected chi connectivity index (χ1v) is 7.38. The van der Waals surface area contributed by atoms with Crippen LogP contribution in [0, 0.1) is 12.3 Å². The van der Waals surface area contributed by atoms with Crippen LogP contribution in [-0.4, -0.2) is 30.4 Å². The van der Waals surface area contributed by atoms with E-state index >= 15 is 0 Å². The highest BCUT2D eigenvalue weighted by molar-refractivity contribution is 6.05. The number of aromatic nitrogens is 1. The third-order valence-corrected chi connectivity index (χ3v) is 4.15. The molecule has 21 heavy (non-hydrogen) atoms. The zero-order valence-electron chi connectivity index (χ0n) is 12.8. The Labute approximate surface area is 124 Å². The van der Waals surface area contributed by atoms with Crippen molar-refractivity contribution in [3.05, 3.63) is 35.5 Å². The number of carbonyl (C=O) groups is 1. The lowest BCUT2D eigenvalue weighted by molar-refractivity contribution is -0.109. The minimum atomic E-state index is -0.236. The highest BCUT2D eigenvalue weighted by Gasteiger charge is 2.35. The van der Waals surface area contributed by atoms with Crippen molar-refractivity contribution < 1.29 is 14.3 Å². The van der Waals surface area contributed by atoms with Crippen LogP contribution in [0.15, 0.2) is 24.3 Å². The van der Waals surface area contributed by atoms with Gasteiger partial charge in [0.2, 0.25) is 0 Å². The van der Waals surface area contributed by atoms with Gasteiger partial charge in [-0.3, -0.25) is 0 Å². The van der Waals surface area contributed by atoms with Gasteiger partial charge in [-0.05, 0) is 19.9 Å². The Balaban J connectivity index is 2.11. The van der Waals surface area contributed by atoms with Crippen LogP contribution in [0.2, 0.25) is 0 Å². The maximum Gasteiger partial charge on any atom is 0.340 e. The molecule has 1 aliphatic rings. The van der Waals surface area contributed by atoms with Crippen LogP contribution in [0.5, 0.6) is 0 Å². The molecule has 0 unspecified atom stereocenters. The Kier molecular flexibility index (Phi) is 3.49. The summed E-state index contributed by atoms with van der Waals surface area (Å²) in [7, 11) is 0. The van der Waals surface area contributed by atoms with Crippen molar-refractivity contribution in [1.29, 1.82) is 0 Å². The van der Waals surface area contributed by atoms with Crippen LogP contribution in [0.1, 0.15) is 29.9 Å². The van der Waals surface area contributed by atoms with Crippen molar-refractivity contribution in [2.75, 3.05) is 19.8 Å². The molecule has 1 aliphatic heterocycles. The number of rotatable bonds is 4. The molecule has 0 radical (unpaired) electrons. The zero-order valence-corrected chi connectivity index (χ0v) is 12.8. The number of carbonyl (C=O) groups excluding carboxylic acids is 1. The largest absolute Gasteiger partial charge is 0.462 e. The molecule has 1 saturated heterocycles. The van der Waals surface area contributed by atoms with Crippen molar-refractivity contribution in [1.82, 2.24) is 4.57 Å². The summed E-state index contributed by atoms with van der Waals surface area (Å²) >= 11 is 0. The quantitative estimate of drug-likeness (QED) is 0.811.